The van der Waals surface area contributed by atoms with Crippen LogP contribution in [0.3, 0.4) is 0 Å². The molecule has 0 aliphatic carbocycles. The number of likely N-dealkylation sites (tertiary alicyclic amines) is 1. The molecule has 2 fully saturated rings. The van der Waals surface area contributed by atoms with Gasteiger partial charge in [0.25, 0.3) is 0 Å². The van der Waals surface area contributed by atoms with Gasteiger partial charge < -0.3 is 15.1 Å². The molecule has 40 heavy (non-hydrogen) atoms. The molecule has 0 bridgehead atoms. The number of rotatable bonds is 10. The highest BCUT2D eigenvalue weighted by Crippen LogP contribution is 2.31. The smallest absolute Gasteiger partial charge is 0.381 e. The first kappa shape index (κ1) is 31.2. The molecule has 1 unspecified atom stereocenters. The third-order valence-corrected chi connectivity index (χ3v) is 6.86. The summed E-state index contributed by atoms with van der Waals surface area (Å²) in [6.45, 7) is 5.06. The van der Waals surface area contributed by atoms with Crippen molar-refractivity contribution in [3.05, 3.63) is 63.9 Å². The highest BCUT2D eigenvalue weighted by atomic mass is 19.4. The second-order valence-corrected chi connectivity index (χ2v) is 10.0. The van der Waals surface area contributed by atoms with E-state index < -0.39 is 35.8 Å². The lowest BCUT2D eigenvalue weighted by Gasteiger charge is -2.37. The Morgan fingerprint density at radius 2 is 1.75 bits per heavy atom. The number of carbonyl (C=O) groups excluding carboxylic acids is 1. The number of nitrogens with zero attached hydrogens (tertiary/aromatic N) is 4. The Labute approximate surface area is 228 Å². The van der Waals surface area contributed by atoms with Gasteiger partial charge in [-0.3, -0.25) is 19.8 Å². The number of alkyl halides is 6. The number of piperazine rings is 1. The van der Waals surface area contributed by atoms with Gasteiger partial charge in [-0.1, -0.05) is 13.0 Å². The summed E-state index contributed by atoms with van der Waals surface area (Å²) in [6.07, 6.45) is -6.09. The van der Waals surface area contributed by atoms with Crippen LogP contribution in [0.4, 0.5) is 32.0 Å². The minimum absolute atomic E-state index is 0.0702. The van der Waals surface area contributed by atoms with E-state index in [1.54, 1.807) is 4.90 Å². The number of benzene rings is 1. The topological polar surface area (TPSA) is 82.0 Å². The van der Waals surface area contributed by atoms with Crippen molar-refractivity contribution >= 4 is 11.6 Å². The molecule has 2 atom stereocenters. The Morgan fingerprint density at radius 1 is 1.10 bits per heavy atom. The third-order valence-electron chi connectivity index (χ3n) is 6.86. The van der Waals surface area contributed by atoms with Gasteiger partial charge in [0.15, 0.2) is 0 Å². The maximum absolute atomic E-state index is 13.1. The number of halogens is 6. The molecule has 2 heterocycles. The minimum Gasteiger partial charge on any atom is -0.381 e. The van der Waals surface area contributed by atoms with Crippen molar-refractivity contribution in [3.63, 3.8) is 0 Å². The van der Waals surface area contributed by atoms with E-state index >= 15 is 0 Å². The minimum atomic E-state index is -4.42. The number of allylic oxidation sites excluding steroid dienone is 2. The molecule has 3 rings (SSSR count). The molecule has 1 amide bonds. The second kappa shape index (κ2) is 13.4. The van der Waals surface area contributed by atoms with Crippen LogP contribution < -0.4 is 10.2 Å². The van der Waals surface area contributed by atoms with E-state index in [-0.39, 0.29) is 23.6 Å². The molecule has 222 valence electrons. The zero-order chi connectivity index (χ0) is 29.5. The lowest BCUT2D eigenvalue weighted by molar-refractivity contribution is -0.468. The molecule has 2 aliphatic heterocycles. The van der Waals surface area contributed by atoms with Gasteiger partial charge >= 0.3 is 12.4 Å². The van der Waals surface area contributed by atoms with E-state index in [2.05, 4.69) is 10.2 Å². The van der Waals surface area contributed by atoms with Gasteiger partial charge in [0, 0.05) is 74.1 Å². The molecule has 8 nitrogen and oxygen atoms in total. The van der Waals surface area contributed by atoms with Gasteiger partial charge in [-0.25, -0.2) is 0 Å². The summed E-state index contributed by atoms with van der Waals surface area (Å²) < 4.78 is 76.5. The largest absolute Gasteiger partial charge is 0.416 e. The Balaban J connectivity index is 1.47. The summed E-state index contributed by atoms with van der Waals surface area (Å²) in [4.78, 5) is 28.8. The van der Waals surface area contributed by atoms with Crippen LogP contribution in [0.25, 0.3) is 0 Å². The molecule has 0 aromatic heterocycles. The number of nitrogens with one attached hydrogen (secondary N) is 1. The fraction of sp³-hybridized carbons (Fsp3) is 0.577. The van der Waals surface area contributed by atoms with Gasteiger partial charge in [-0.05, 0) is 42.8 Å². The summed E-state index contributed by atoms with van der Waals surface area (Å²) in [6, 6.07) is 4.77. The van der Waals surface area contributed by atoms with Crippen LogP contribution in [-0.4, -0.2) is 85.2 Å². The second-order valence-electron chi connectivity index (χ2n) is 10.0. The number of hydrogen-bond donors (Lipinski definition) is 1. The zero-order valence-corrected chi connectivity index (χ0v) is 22.0. The molecule has 14 heteroatoms. The monoisotopic (exact) mass is 577 g/mol. The molecule has 0 spiro atoms. The first-order chi connectivity index (χ1) is 18.7. The lowest BCUT2D eigenvalue weighted by Crippen LogP contribution is -2.49. The number of amides is 1. The van der Waals surface area contributed by atoms with Crippen LogP contribution in [0.1, 0.15) is 25.3 Å². The Hall–Kier alpha value is -3.29. The van der Waals surface area contributed by atoms with Crippen molar-refractivity contribution in [2.75, 3.05) is 57.3 Å². The maximum atomic E-state index is 13.1. The number of hydrogen-bond acceptors (Lipinski definition) is 6. The first-order valence-corrected chi connectivity index (χ1v) is 13.0. The van der Waals surface area contributed by atoms with Gasteiger partial charge in [0.05, 0.1) is 12.0 Å². The standard InChI is InChI=1S/C26H33F6N5O3/c1-19(17-34-13-15-35(16-14-34)23-6-4-20(5-7-23)26(30,31)32)24(38)36-12-9-22(18-36)33-21(3-2-11-37(39)40)8-10-25(27,28)29/h2-8,19,22,33H,9-18H2,1H3/b3-2-,21-8+/t19?,22-/m1/s1. The first-order valence-electron chi connectivity index (χ1n) is 13.0. The SMILES string of the molecule is CC(CN1CCN(c2ccc(C(F)(F)F)cc2)CC1)C(=O)N1CC[C@@H](NC(/C=C\C[N+](=O)[O-])=C/CC(F)(F)F)C1. The third kappa shape index (κ3) is 9.72. The average Bonchev–Trinajstić information content (AvgIpc) is 3.34. The lowest BCUT2D eigenvalue weighted by atomic mass is 10.1. The maximum Gasteiger partial charge on any atom is 0.416 e. The quantitative estimate of drug-likeness (QED) is 0.193. The molecule has 2 saturated heterocycles. The van der Waals surface area contributed by atoms with Crippen LogP contribution in [0.15, 0.2) is 48.2 Å². The van der Waals surface area contributed by atoms with Gasteiger partial charge in [-0.2, -0.15) is 26.3 Å². The van der Waals surface area contributed by atoms with Gasteiger partial charge in [0.2, 0.25) is 12.5 Å². The molecule has 1 aromatic carbocycles. The molecular weight excluding hydrogens is 544 g/mol. The summed E-state index contributed by atoms with van der Waals surface area (Å²) in [5, 5.41) is 13.5. The highest BCUT2D eigenvalue weighted by molar-refractivity contribution is 5.79. The van der Waals surface area contributed by atoms with Crippen LogP contribution in [0.5, 0.6) is 0 Å². The van der Waals surface area contributed by atoms with Crippen LogP contribution >= 0.6 is 0 Å². The molecular formula is C26H33F6N5O3. The van der Waals surface area contributed by atoms with Crippen LogP contribution in [0.2, 0.25) is 0 Å². The number of anilines is 1. The van der Waals surface area contributed by atoms with E-state index in [4.69, 9.17) is 0 Å². The number of nitro groups is 1. The van der Waals surface area contributed by atoms with E-state index in [1.165, 1.54) is 24.3 Å². The van der Waals surface area contributed by atoms with E-state index in [0.29, 0.717) is 57.9 Å². The van der Waals surface area contributed by atoms with Crippen molar-refractivity contribution in [2.45, 2.75) is 38.2 Å². The fourth-order valence-corrected chi connectivity index (χ4v) is 4.81. The van der Waals surface area contributed by atoms with Crippen molar-refractivity contribution in [2.24, 2.45) is 5.92 Å². The average molecular weight is 578 g/mol. The predicted octanol–water partition coefficient (Wildman–Crippen LogP) is 4.32. The van der Waals surface area contributed by atoms with Crippen LogP contribution in [0, 0.1) is 16.0 Å². The van der Waals surface area contributed by atoms with E-state index in [1.807, 2.05) is 11.8 Å². The van der Waals surface area contributed by atoms with E-state index in [0.717, 1.165) is 18.2 Å². The number of carbonyl (C=O) groups is 1. The van der Waals surface area contributed by atoms with Crippen molar-refractivity contribution in [1.29, 1.82) is 0 Å². The molecule has 0 radical (unpaired) electrons. The molecule has 2 aliphatic rings. The summed E-state index contributed by atoms with van der Waals surface area (Å²) in [5.74, 6) is -0.393. The molecule has 1 aromatic rings. The van der Waals surface area contributed by atoms with E-state index in [9.17, 15) is 41.3 Å². The zero-order valence-electron chi connectivity index (χ0n) is 22.0. The Kier molecular flexibility index (Phi) is 10.4. The van der Waals surface area contributed by atoms with Crippen molar-refractivity contribution < 1.29 is 36.1 Å². The summed E-state index contributed by atoms with van der Waals surface area (Å²) in [5.41, 5.74) is 0.142. The fourth-order valence-electron chi connectivity index (χ4n) is 4.81. The van der Waals surface area contributed by atoms with Crippen molar-refractivity contribution in [3.8, 4) is 0 Å². The van der Waals surface area contributed by atoms with Crippen LogP contribution in [-0.2, 0) is 11.0 Å². The molecule has 0 saturated carbocycles. The van der Waals surface area contributed by atoms with Gasteiger partial charge in [-0.15, -0.1) is 0 Å². The normalized spacial score (nSPS) is 20.3. The van der Waals surface area contributed by atoms with Gasteiger partial charge in [0.1, 0.15) is 0 Å². The Bertz CT molecular complexity index is 1070. The predicted molar refractivity (Wildman–Crippen MR) is 137 cm³/mol. The summed E-state index contributed by atoms with van der Waals surface area (Å²) >= 11 is 0. The van der Waals surface area contributed by atoms with Crippen molar-refractivity contribution in [1.82, 2.24) is 15.1 Å². The summed E-state index contributed by atoms with van der Waals surface area (Å²) in [7, 11) is 0. The molecule has 1 N–H and O–H groups in total. The Morgan fingerprint density at radius 3 is 2.33 bits per heavy atom. The highest BCUT2D eigenvalue weighted by Gasteiger charge is 2.32.